The third-order valence-corrected chi connectivity index (χ3v) is 4.19. The summed E-state index contributed by atoms with van der Waals surface area (Å²) in [5.41, 5.74) is 2.14. The minimum atomic E-state index is -0.133. The molecule has 2 aromatic rings. The number of carbonyl (C=O) groups excluding carboxylic acids is 2. The maximum absolute atomic E-state index is 12.1. The largest absolute Gasteiger partial charge is 0.364 e. The molecule has 0 spiro atoms. The molecule has 3 rings (SSSR count). The molecule has 114 valence electrons. The summed E-state index contributed by atoms with van der Waals surface area (Å²) in [5, 5.41) is 10.2. The molecular formula is C15H15N3O3S. The molecule has 0 unspecified atom stereocenters. The second-order valence-corrected chi connectivity index (χ2v) is 5.72. The quantitative estimate of drug-likeness (QED) is 0.874. The smallest absolute Gasteiger partial charge is 0.276 e. The van der Waals surface area contributed by atoms with E-state index < -0.39 is 0 Å². The molecule has 2 aromatic heterocycles. The Kier molecular flexibility index (Phi) is 4.34. The highest BCUT2D eigenvalue weighted by molar-refractivity contribution is 7.08. The van der Waals surface area contributed by atoms with Crippen molar-refractivity contribution in [3.63, 3.8) is 0 Å². The summed E-state index contributed by atoms with van der Waals surface area (Å²) in [7, 11) is 0. The third-order valence-electron chi connectivity index (χ3n) is 3.51. The van der Waals surface area contributed by atoms with Crippen LogP contribution in [0.1, 0.15) is 27.3 Å². The number of nitrogens with one attached hydrogen (secondary N) is 1. The first-order chi connectivity index (χ1) is 10.7. The zero-order valence-electron chi connectivity index (χ0n) is 11.8. The van der Waals surface area contributed by atoms with Gasteiger partial charge in [0.15, 0.2) is 5.69 Å². The van der Waals surface area contributed by atoms with Gasteiger partial charge in [0.25, 0.3) is 11.8 Å². The summed E-state index contributed by atoms with van der Waals surface area (Å²) >= 11 is 1.50. The Balaban J connectivity index is 1.51. The average Bonchev–Trinajstić information content (AvgIpc) is 3.25. The summed E-state index contributed by atoms with van der Waals surface area (Å²) in [6, 6.07) is 3.36. The van der Waals surface area contributed by atoms with Crippen LogP contribution in [0.2, 0.25) is 0 Å². The van der Waals surface area contributed by atoms with Crippen molar-refractivity contribution in [2.24, 2.45) is 0 Å². The minimum Gasteiger partial charge on any atom is -0.364 e. The van der Waals surface area contributed by atoms with Crippen LogP contribution in [0.5, 0.6) is 0 Å². The molecule has 0 aromatic carbocycles. The molecule has 0 bridgehead atoms. The summed E-state index contributed by atoms with van der Waals surface area (Å²) < 4.78 is 4.69. The van der Waals surface area contributed by atoms with Gasteiger partial charge in [-0.25, -0.2) is 0 Å². The number of thiophene rings is 1. The number of rotatable bonds is 4. The van der Waals surface area contributed by atoms with Crippen LogP contribution in [0.15, 0.2) is 45.3 Å². The SMILES string of the molecule is O=C(NCC1=CCN(C(=O)c2ccon2)CC1)c1ccsc1. The third kappa shape index (κ3) is 3.25. The van der Waals surface area contributed by atoms with Gasteiger partial charge in [-0.15, -0.1) is 0 Å². The van der Waals surface area contributed by atoms with Gasteiger partial charge in [-0.05, 0) is 17.9 Å². The topological polar surface area (TPSA) is 75.4 Å². The van der Waals surface area contributed by atoms with Crippen LogP contribution in [0, 0.1) is 0 Å². The number of amides is 2. The molecule has 22 heavy (non-hydrogen) atoms. The van der Waals surface area contributed by atoms with Crippen molar-refractivity contribution in [3.8, 4) is 0 Å². The molecule has 0 saturated heterocycles. The van der Waals surface area contributed by atoms with E-state index >= 15 is 0 Å². The lowest BCUT2D eigenvalue weighted by molar-refractivity contribution is 0.0756. The molecule has 6 nitrogen and oxygen atoms in total. The Labute approximate surface area is 131 Å². The van der Waals surface area contributed by atoms with Crippen LogP contribution in [0.25, 0.3) is 0 Å². The summed E-state index contributed by atoms with van der Waals surface area (Å²) in [6.45, 7) is 1.65. The summed E-state index contributed by atoms with van der Waals surface area (Å²) in [4.78, 5) is 25.7. The zero-order chi connectivity index (χ0) is 15.4. The van der Waals surface area contributed by atoms with E-state index in [1.807, 2.05) is 16.8 Å². The maximum atomic E-state index is 12.1. The van der Waals surface area contributed by atoms with E-state index in [4.69, 9.17) is 0 Å². The lowest BCUT2D eigenvalue weighted by Gasteiger charge is -2.25. The van der Waals surface area contributed by atoms with Crippen LogP contribution in [-0.2, 0) is 0 Å². The van der Waals surface area contributed by atoms with Crippen molar-refractivity contribution in [2.75, 3.05) is 19.6 Å². The van der Waals surface area contributed by atoms with Gasteiger partial charge >= 0.3 is 0 Å². The number of carbonyl (C=O) groups is 2. The van der Waals surface area contributed by atoms with E-state index in [0.29, 0.717) is 30.9 Å². The highest BCUT2D eigenvalue weighted by atomic mass is 32.1. The predicted octanol–water partition coefficient (Wildman–Crippen LogP) is 1.94. The van der Waals surface area contributed by atoms with E-state index in [0.717, 1.165) is 12.0 Å². The standard InChI is InChI=1S/C15H15N3O3S/c19-14(12-4-8-22-10-12)16-9-11-1-5-18(6-2-11)15(20)13-3-7-21-17-13/h1,3-4,7-8,10H,2,5-6,9H2,(H,16,19). The molecule has 1 N–H and O–H groups in total. The fourth-order valence-corrected chi connectivity index (χ4v) is 2.87. The summed E-state index contributed by atoms with van der Waals surface area (Å²) in [6.07, 6.45) is 4.11. The molecule has 1 aliphatic heterocycles. The first-order valence-electron chi connectivity index (χ1n) is 6.92. The van der Waals surface area contributed by atoms with Gasteiger partial charge in [-0.2, -0.15) is 11.3 Å². The normalized spacial score (nSPS) is 14.5. The Bertz CT molecular complexity index is 677. The van der Waals surface area contributed by atoms with Crippen molar-refractivity contribution in [1.29, 1.82) is 0 Å². The average molecular weight is 317 g/mol. The molecule has 3 heterocycles. The highest BCUT2D eigenvalue weighted by Gasteiger charge is 2.20. The van der Waals surface area contributed by atoms with E-state index in [1.165, 1.54) is 17.6 Å². The molecule has 0 fully saturated rings. The molecule has 0 atom stereocenters. The van der Waals surface area contributed by atoms with Gasteiger partial charge in [-0.3, -0.25) is 9.59 Å². The van der Waals surface area contributed by atoms with E-state index in [1.54, 1.807) is 17.0 Å². The lowest BCUT2D eigenvalue weighted by Crippen LogP contribution is -2.36. The van der Waals surface area contributed by atoms with Gasteiger partial charge in [0.2, 0.25) is 0 Å². The van der Waals surface area contributed by atoms with Crippen LogP contribution >= 0.6 is 11.3 Å². The van der Waals surface area contributed by atoms with E-state index in [-0.39, 0.29) is 11.8 Å². The van der Waals surface area contributed by atoms with Crippen molar-refractivity contribution >= 4 is 23.2 Å². The molecular weight excluding hydrogens is 302 g/mol. The van der Waals surface area contributed by atoms with Crippen LogP contribution < -0.4 is 5.32 Å². The van der Waals surface area contributed by atoms with Gasteiger partial charge in [0.1, 0.15) is 6.26 Å². The van der Waals surface area contributed by atoms with Crippen LogP contribution in [-0.4, -0.2) is 41.5 Å². The van der Waals surface area contributed by atoms with Crippen molar-refractivity contribution in [1.82, 2.24) is 15.4 Å². The fourth-order valence-electron chi connectivity index (χ4n) is 2.23. The van der Waals surface area contributed by atoms with E-state index in [2.05, 4.69) is 15.0 Å². The van der Waals surface area contributed by atoms with E-state index in [9.17, 15) is 9.59 Å². The molecule has 2 amide bonds. The Morgan fingerprint density at radius 3 is 2.95 bits per heavy atom. The molecule has 0 radical (unpaired) electrons. The first kappa shape index (κ1) is 14.5. The molecule has 1 aliphatic rings. The molecule has 0 saturated carbocycles. The molecule has 0 aliphatic carbocycles. The van der Waals surface area contributed by atoms with Gasteiger partial charge < -0.3 is 14.7 Å². The number of aromatic nitrogens is 1. The fraction of sp³-hybridized carbons (Fsp3) is 0.267. The number of nitrogens with zero attached hydrogens (tertiary/aromatic N) is 2. The number of hydrogen-bond donors (Lipinski definition) is 1. The minimum absolute atomic E-state index is 0.0664. The molecule has 7 heteroatoms. The predicted molar refractivity (Wildman–Crippen MR) is 81.8 cm³/mol. The van der Waals surface area contributed by atoms with Crippen molar-refractivity contribution < 1.29 is 14.1 Å². The Morgan fingerprint density at radius 2 is 2.32 bits per heavy atom. The Morgan fingerprint density at radius 1 is 1.41 bits per heavy atom. The monoisotopic (exact) mass is 317 g/mol. The summed E-state index contributed by atoms with van der Waals surface area (Å²) in [5.74, 6) is -0.199. The first-order valence-corrected chi connectivity index (χ1v) is 7.86. The van der Waals surface area contributed by atoms with Crippen molar-refractivity contribution in [2.45, 2.75) is 6.42 Å². The zero-order valence-corrected chi connectivity index (χ0v) is 12.6. The number of hydrogen-bond acceptors (Lipinski definition) is 5. The van der Waals surface area contributed by atoms with Crippen LogP contribution in [0.3, 0.4) is 0 Å². The lowest BCUT2D eigenvalue weighted by atomic mass is 10.1. The van der Waals surface area contributed by atoms with Gasteiger partial charge in [0.05, 0.1) is 0 Å². The van der Waals surface area contributed by atoms with Crippen LogP contribution in [0.4, 0.5) is 0 Å². The second kappa shape index (κ2) is 6.57. The highest BCUT2D eigenvalue weighted by Crippen LogP contribution is 2.13. The maximum Gasteiger partial charge on any atom is 0.276 e. The van der Waals surface area contributed by atoms with Crippen molar-refractivity contribution in [3.05, 3.63) is 52.1 Å². The van der Waals surface area contributed by atoms with Gasteiger partial charge in [0, 0.05) is 36.6 Å². The second-order valence-electron chi connectivity index (χ2n) is 4.94. The van der Waals surface area contributed by atoms with Gasteiger partial charge in [-0.1, -0.05) is 16.8 Å². The Hall–Kier alpha value is -2.41.